The van der Waals surface area contributed by atoms with Gasteiger partial charge in [-0.1, -0.05) is 19.1 Å². The average Bonchev–Trinajstić information content (AvgIpc) is 2.76. The van der Waals surface area contributed by atoms with Crippen LogP contribution in [0.15, 0.2) is 30.3 Å². The first kappa shape index (κ1) is 11.4. The minimum absolute atomic E-state index is 0.0142. The second-order valence-corrected chi connectivity index (χ2v) is 3.92. The summed E-state index contributed by atoms with van der Waals surface area (Å²) in [6.45, 7) is 3.79. The van der Waals surface area contributed by atoms with Crippen LogP contribution in [0.1, 0.15) is 19.0 Å². The molecule has 1 heterocycles. The van der Waals surface area contributed by atoms with Crippen molar-refractivity contribution in [3.8, 4) is 11.3 Å². The Morgan fingerprint density at radius 3 is 2.88 bits per heavy atom. The fourth-order valence-corrected chi connectivity index (χ4v) is 1.57. The molecule has 4 nitrogen and oxygen atoms in total. The molecule has 0 spiro atoms. The highest BCUT2D eigenvalue weighted by atomic mass is 16.1. The minimum atomic E-state index is 0.0142. The monoisotopic (exact) mass is 229 g/mol. The van der Waals surface area contributed by atoms with Crippen LogP contribution in [0.3, 0.4) is 0 Å². The normalized spacial score (nSPS) is 10.2. The van der Waals surface area contributed by atoms with Gasteiger partial charge in [0, 0.05) is 23.4 Å². The third-order valence-electron chi connectivity index (χ3n) is 2.47. The van der Waals surface area contributed by atoms with Crippen LogP contribution in [-0.4, -0.2) is 16.1 Å². The molecule has 0 saturated heterocycles. The number of aryl methyl sites for hydroxylation is 1. The highest BCUT2D eigenvalue weighted by Crippen LogP contribution is 2.21. The number of H-pyrrole nitrogens is 1. The van der Waals surface area contributed by atoms with E-state index in [1.54, 1.807) is 0 Å². The van der Waals surface area contributed by atoms with E-state index in [9.17, 15) is 4.79 Å². The maximum absolute atomic E-state index is 11.3. The molecule has 0 aliphatic heterocycles. The number of aromatic nitrogens is 2. The van der Waals surface area contributed by atoms with Gasteiger partial charge >= 0.3 is 0 Å². The Bertz CT molecular complexity index is 531. The summed E-state index contributed by atoms with van der Waals surface area (Å²) in [5, 5.41) is 9.92. The van der Waals surface area contributed by atoms with Gasteiger partial charge in [-0.15, -0.1) is 0 Å². The number of benzene rings is 1. The zero-order valence-corrected chi connectivity index (χ0v) is 9.95. The Morgan fingerprint density at radius 2 is 2.24 bits per heavy atom. The van der Waals surface area contributed by atoms with Crippen LogP contribution in [0.5, 0.6) is 0 Å². The van der Waals surface area contributed by atoms with E-state index >= 15 is 0 Å². The third-order valence-corrected chi connectivity index (χ3v) is 2.47. The van der Waals surface area contributed by atoms with Gasteiger partial charge in [0.1, 0.15) is 0 Å². The van der Waals surface area contributed by atoms with Gasteiger partial charge < -0.3 is 5.32 Å². The molecule has 0 radical (unpaired) electrons. The summed E-state index contributed by atoms with van der Waals surface area (Å²) in [7, 11) is 0. The fraction of sp³-hybridized carbons (Fsp3) is 0.231. The highest BCUT2D eigenvalue weighted by molar-refractivity contribution is 5.91. The maximum atomic E-state index is 11.3. The zero-order valence-electron chi connectivity index (χ0n) is 9.95. The van der Waals surface area contributed by atoms with E-state index in [1.807, 2.05) is 44.2 Å². The van der Waals surface area contributed by atoms with Crippen molar-refractivity contribution in [2.24, 2.45) is 0 Å². The van der Waals surface area contributed by atoms with Gasteiger partial charge in [-0.05, 0) is 25.1 Å². The summed E-state index contributed by atoms with van der Waals surface area (Å²) in [6.07, 6.45) is 0.478. The lowest BCUT2D eigenvalue weighted by Gasteiger charge is -2.04. The fourth-order valence-electron chi connectivity index (χ4n) is 1.57. The average molecular weight is 229 g/mol. The lowest BCUT2D eigenvalue weighted by Crippen LogP contribution is -2.09. The van der Waals surface area contributed by atoms with Crippen molar-refractivity contribution < 1.29 is 4.79 Å². The lowest BCUT2D eigenvalue weighted by molar-refractivity contribution is -0.115. The van der Waals surface area contributed by atoms with E-state index in [2.05, 4.69) is 15.5 Å². The van der Waals surface area contributed by atoms with Crippen LogP contribution in [-0.2, 0) is 4.79 Å². The summed E-state index contributed by atoms with van der Waals surface area (Å²) < 4.78 is 0. The molecule has 2 aromatic rings. The molecule has 2 N–H and O–H groups in total. The van der Waals surface area contributed by atoms with Crippen molar-refractivity contribution in [3.63, 3.8) is 0 Å². The number of aromatic amines is 1. The van der Waals surface area contributed by atoms with E-state index in [1.165, 1.54) is 0 Å². The highest BCUT2D eigenvalue weighted by Gasteiger charge is 2.04. The number of hydrogen-bond donors (Lipinski definition) is 2. The number of rotatable bonds is 3. The van der Waals surface area contributed by atoms with Gasteiger partial charge in [0.2, 0.25) is 5.91 Å². The molecule has 88 valence electrons. The molecule has 1 aromatic carbocycles. The molecule has 2 rings (SSSR count). The Morgan fingerprint density at radius 1 is 1.41 bits per heavy atom. The molecule has 0 unspecified atom stereocenters. The number of hydrogen-bond acceptors (Lipinski definition) is 2. The molecule has 4 heteroatoms. The minimum Gasteiger partial charge on any atom is -0.326 e. The van der Waals surface area contributed by atoms with Gasteiger partial charge in [-0.2, -0.15) is 5.10 Å². The largest absolute Gasteiger partial charge is 0.326 e. The van der Waals surface area contributed by atoms with E-state index < -0.39 is 0 Å². The smallest absolute Gasteiger partial charge is 0.224 e. The van der Waals surface area contributed by atoms with Gasteiger partial charge in [0.05, 0.1) is 5.69 Å². The maximum Gasteiger partial charge on any atom is 0.224 e. The third kappa shape index (κ3) is 2.72. The Labute approximate surface area is 100 Å². The lowest BCUT2D eigenvalue weighted by atomic mass is 10.1. The Kier molecular flexibility index (Phi) is 3.23. The first-order valence-corrected chi connectivity index (χ1v) is 5.61. The molecule has 0 aliphatic rings. The van der Waals surface area contributed by atoms with E-state index in [4.69, 9.17) is 0 Å². The number of carbonyl (C=O) groups excluding carboxylic acids is 1. The molecule has 0 atom stereocenters. The van der Waals surface area contributed by atoms with Crippen LogP contribution in [0.25, 0.3) is 11.3 Å². The summed E-state index contributed by atoms with van der Waals surface area (Å²) in [6, 6.07) is 9.64. The van der Waals surface area contributed by atoms with Gasteiger partial charge in [-0.25, -0.2) is 0 Å². The number of carbonyl (C=O) groups is 1. The van der Waals surface area contributed by atoms with Crippen LogP contribution in [0.4, 0.5) is 5.69 Å². The van der Waals surface area contributed by atoms with Gasteiger partial charge in [-0.3, -0.25) is 9.89 Å². The summed E-state index contributed by atoms with van der Waals surface area (Å²) in [5.74, 6) is 0.0142. The van der Waals surface area contributed by atoms with Gasteiger partial charge in [0.25, 0.3) is 0 Å². The standard InChI is InChI=1S/C13H15N3O/c1-3-13(17)14-11-6-4-5-10(8-11)12-7-9(2)15-16-12/h4-8H,3H2,1-2H3,(H,14,17)(H,15,16). The van der Waals surface area contributed by atoms with Crippen LogP contribution in [0, 0.1) is 6.92 Å². The number of amides is 1. The molecule has 0 saturated carbocycles. The SMILES string of the molecule is CCC(=O)Nc1cccc(-c2cc(C)[nH]n2)c1. The first-order chi connectivity index (χ1) is 8.19. The van der Waals surface area contributed by atoms with Crippen LogP contribution >= 0.6 is 0 Å². The second kappa shape index (κ2) is 4.82. The molecule has 1 aromatic heterocycles. The molecule has 0 fully saturated rings. The predicted molar refractivity (Wildman–Crippen MR) is 67.7 cm³/mol. The van der Waals surface area contributed by atoms with Crippen molar-refractivity contribution in [2.45, 2.75) is 20.3 Å². The number of nitrogens with zero attached hydrogens (tertiary/aromatic N) is 1. The molecule has 17 heavy (non-hydrogen) atoms. The molecular formula is C13H15N3O. The first-order valence-electron chi connectivity index (χ1n) is 5.61. The van der Waals surface area contributed by atoms with Gasteiger partial charge in [0.15, 0.2) is 0 Å². The summed E-state index contributed by atoms with van der Waals surface area (Å²) >= 11 is 0. The zero-order chi connectivity index (χ0) is 12.3. The van der Waals surface area contributed by atoms with E-state index in [-0.39, 0.29) is 5.91 Å². The number of nitrogens with one attached hydrogen (secondary N) is 2. The quantitative estimate of drug-likeness (QED) is 0.850. The van der Waals surface area contributed by atoms with Crippen molar-refractivity contribution in [1.82, 2.24) is 10.2 Å². The Balaban J connectivity index is 2.25. The van der Waals surface area contributed by atoms with E-state index in [0.29, 0.717) is 6.42 Å². The van der Waals surface area contributed by atoms with Crippen molar-refractivity contribution in [1.29, 1.82) is 0 Å². The van der Waals surface area contributed by atoms with Crippen LogP contribution < -0.4 is 5.32 Å². The molecular weight excluding hydrogens is 214 g/mol. The Hall–Kier alpha value is -2.10. The summed E-state index contributed by atoms with van der Waals surface area (Å²) in [4.78, 5) is 11.3. The topological polar surface area (TPSA) is 57.8 Å². The second-order valence-electron chi connectivity index (χ2n) is 3.92. The van der Waals surface area contributed by atoms with Crippen molar-refractivity contribution in [3.05, 3.63) is 36.0 Å². The predicted octanol–water partition coefficient (Wildman–Crippen LogP) is 2.73. The number of anilines is 1. The van der Waals surface area contributed by atoms with Crippen molar-refractivity contribution in [2.75, 3.05) is 5.32 Å². The van der Waals surface area contributed by atoms with E-state index in [0.717, 1.165) is 22.6 Å². The molecule has 0 aliphatic carbocycles. The van der Waals surface area contributed by atoms with Crippen molar-refractivity contribution >= 4 is 11.6 Å². The van der Waals surface area contributed by atoms with Crippen LogP contribution in [0.2, 0.25) is 0 Å². The molecule has 1 amide bonds. The molecule has 0 bridgehead atoms. The summed E-state index contributed by atoms with van der Waals surface area (Å²) in [5.41, 5.74) is 3.69.